The molecule has 132 valence electrons. The summed E-state index contributed by atoms with van der Waals surface area (Å²) in [4.78, 5) is 20.4. The number of rotatable bonds is 5. The lowest BCUT2D eigenvalue weighted by atomic mass is 10.2. The maximum Gasteiger partial charge on any atom is 0.339 e. The molecule has 0 aliphatic rings. The highest BCUT2D eigenvalue weighted by atomic mass is 35.5. The van der Waals surface area contributed by atoms with Crippen molar-refractivity contribution in [3.8, 4) is 0 Å². The summed E-state index contributed by atoms with van der Waals surface area (Å²) in [6.07, 6.45) is 1.58. The van der Waals surface area contributed by atoms with Gasteiger partial charge in [-0.2, -0.15) is 4.98 Å². The number of carbonyl (C=O) groups is 1. The van der Waals surface area contributed by atoms with Gasteiger partial charge in [0, 0.05) is 11.2 Å². The van der Waals surface area contributed by atoms with E-state index in [2.05, 4.69) is 20.6 Å². The maximum absolute atomic E-state index is 11.9. The number of hydrogen-bond donors (Lipinski definition) is 2. The fourth-order valence-electron chi connectivity index (χ4n) is 2.22. The van der Waals surface area contributed by atoms with Gasteiger partial charge in [-0.15, -0.1) is 0 Å². The molecule has 26 heavy (non-hydrogen) atoms. The highest BCUT2D eigenvalue weighted by molar-refractivity contribution is 6.35. The number of methoxy groups -OCH3 is 1. The lowest BCUT2D eigenvalue weighted by Gasteiger charge is -2.11. The van der Waals surface area contributed by atoms with Gasteiger partial charge in [-0.25, -0.2) is 9.78 Å². The van der Waals surface area contributed by atoms with Crippen molar-refractivity contribution in [2.75, 3.05) is 17.7 Å². The summed E-state index contributed by atoms with van der Waals surface area (Å²) in [5, 5.41) is 7.17. The van der Waals surface area contributed by atoms with Crippen LogP contribution in [0.15, 0.2) is 54.7 Å². The Hall–Kier alpha value is -2.83. The van der Waals surface area contributed by atoms with Crippen molar-refractivity contribution in [1.29, 1.82) is 0 Å². The van der Waals surface area contributed by atoms with Crippen LogP contribution in [0.3, 0.4) is 0 Å². The smallest absolute Gasteiger partial charge is 0.339 e. The average Bonchev–Trinajstić information content (AvgIpc) is 2.65. The Bertz CT molecular complexity index is 950. The fraction of sp³-hybridized carbons (Fsp3) is 0.0556. The number of esters is 1. The van der Waals surface area contributed by atoms with E-state index in [-0.39, 0.29) is 0 Å². The van der Waals surface area contributed by atoms with Gasteiger partial charge in [0.1, 0.15) is 5.82 Å². The second kappa shape index (κ2) is 8.03. The SMILES string of the molecule is COC(=O)c1ccccc1Nc1nccc(Nc2cc(Cl)ccc2Cl)n1. The Labute approximate surface area is 160 Å². The first-order valence-corrected chi connectivity index (χ1v) is 8.32. The van der Waals surface area contributed by atoms with Crippen molar-refractivity contribution in [2.24, 2.45) is 0 Å². The van der Waals surface area contributed by atoms with Crippen LogP contribution in [0.2, 0.25) is 10.0 Å². The molecule has 2 aromatic carbocycles. The first-order chi connectivity index (χ1) is 12.6. The Morgan fingerprint density at radius 2 is 1.85 bits per heavy atom. The molecule has 0 saturated carbocycles. The van der Waals surface area contributed by atoms with Gasteiger partial charge in [0.15, 0.2) is 0 Å². The molecule has 1 aromatic heterocycles. The molecule has 0 amide bonds. The molecule has 0 fully saturated rings. The summed E-state index contributed by atoms with van der Waals surface area (Å²) in [5.74, 6) is 0.375. The first-order valence-electron chi connectivity index (χ1n) is 7.56. The molecule has 1 heterocycles. The van der Waals surface area contributed by atoms with Gasteiger partial charge in [-0.1, -0.05) is 35.3 Å². The Kier molecular flexibility index (Phi) is 5.55. The van der Waals surface area contributed by atoms with Crippen LogP contribution in [-0.4, -0.2) is 23.0 Å². The third-order valence-corrected chi connectivity index (χ3v) is 3.99. The number of nitrogens with zero attached hydrogens (tertiary/aromatic N) is 2. The number of hydrogen-bond acceptors (Lipinski definition) is 6. The highest BCUT2D eigenvalue weighted by Crippen LogP contribution is 2.28. The standard InChI is InChI=1S/C18H14Cl2N4O2/c1-26-17(25)12-4-2-3-5-14(12)23-18-21-9-8-16(24-18)22-15-10-11(19)6-7-13(15)20/h2-10H,1H3,(H2,21,22,23,24). The minimum atomic E-state index is -0.451. The summed E-state index contributed by atoms with van der Waals surface area (Å²) in [7, 11) is 1.33. The van der Waals surface area contributed by atoms with E-state index in [1.54, 1.807) is 54.7 Å². The van der Waals surface area contributed by atoms with Crippen molar-refractivity contribution >= 4 is 52.3 Å². The second-order valence-corrected chi connectivity index (χ2v) is 6.02. The summed E-state index contributed by atoms with van der Waals surface area (Å²) in [5.41, 5.74) is 1.55. The molecule has 0 aliphatic heterocycles. The van der Waals surface area contributed by atoms with Crippen LogP contribution in [0.5, 0.6) is 0 Å². The number of nitrogens with one attached hydrogen (secondary N) is 2. The highest BCUT2D eigenvalue weighted by Gasteiger charge is 2.12. The van der Waals surface area contributed by atoms with E-state index < -0.39 is 5.97 Å². The van der Waals surface area contributed by atoms with E-state index in [0.29, 0.717) is 38.7 Å². The van der Waals surface area contributed by atoms with Crippen LogP contribution in [0.1, 0.15) is 10.4 Å². The van der Waals surface area contributed by atoms with Crippen molar-refractivity contribution in [2.45, 2.75) is 0 Å². The third kappa shape index (κ3) is 4.22. The third-order valence-electron chi connectivity index (χ3n) is 3.43. The van der Waals surface area contributed by atoms with Crippen LogP contribution in [0.4, 0.5) is 23.1 Å². The van der Waals surface area contributed by atoms with Crippen LogP contribution < -0.4 is 10.6 Å². The minimum Gasteiger partial charge on any atom is -0.465 e. The zero-order chi connectivity index (χ0) is 18.5. The minimum absolute atomic E-state index is 0.310. The Balaban J connectivity index is 1.85. The first kappa shape index (κ1) is 18.0. The van der Waals surface area contributed by atoms with Crippen molar-refractivity contribution in [3.05, 3.63) is 70.3 Å². The summed E-state index contributed by atoms with van der Waals surface area (Å²) < 4.78 is 4.78. The summed E-state index contributed by atoms with van der Waals surface area (Å²) in [6, 6.07) is 13.7. The Morgan fingerprint density at radius 3 is 2.65 bits per heavy atom. The van der Waals surface area contributed by atoms with E-state index in [4.69, 9.17) is 27.9 Å². The van der Waals surface area contributed by atoms with E-state index >= 15 is 0 Å². The zero-order valence-electron chi connectivity index (χ0n) is 13.7. The number of carbonyl (C=O) groups excluding carboxylic acids is 1. The summed E-state index contributed by atoms with van der Waals surface area (Å²) >= 11 is 12.2. The normalized spacial score (nSPS) is 10.3. The van der Waals surface area contributed by atoms with Crippen molar-refractivity contribution in [1.82, 2.24) is 9.97 Å². The molecular formula is C18H14Cl2N4O2. The lowest BCUT2D eigenvalue weighted by Crippen LogP contribution is -2.07. The number of benzene rings is 2. The number of para-hydroxylation sites is 1. The van der Waals surface area contributed by atoms with Gasteiger partial charge in [0.05, 0.1) is 29.1 Å². The predicted octanol–water partition coefficient (Wildman–Crippen LogP) is 5.06. The number of ether oxygens (including phenoxy) is 1. The van der Waals surface area contributed by atoms with Gasteiger partial charge >= 0.3 is 5.97 Å². The largest absolute Gasteiger partial charge is 0.465 e. The molecule has 3 rings (SSSR count). The van der Waals surface area contributed by atoms with Gasteiger partial charge in [0.2, 0.25) is 5.95 Å². The number of aromatic nitrogens is 2. The average molecular weight is 389 g/mol. The molecule has 3 aromatic rings. The van der Waals surface area contributed by atoms with E-state index in [1.807, 2.05) is 0 Å². The zero-order valence-corrected chi connectivity index (χ0v) is 15.2. The van der Waals surface area contributed by atoms with Gasteiger partial charge in [0.25, 0.3) is 0 Å². The van der Waals surface area contributed by atoms with Crippen molar-refractivity contribution in [3.63, 3.8) is 0 Å². The van der Waals surface area contributed by atoms with Crippen LogP contribution in [0, 0.1) is 0 Å². The molecule has 0 saturated heterocycles. The van der Waals surface area contributed by atoms with Crippen LogP contribution >= 0.6 is 23.2 Å². The van der Waals surface area contributed by atoms with Gasteiger partial charge < -0.3 is 15.4 Å². The molecule has 2 N–H and O–H groups in total. The van der Waals surface area contributed by atoms with E-state index in [0.717, 1.165) is 0 Å². The fourth-order valence-corrected chi connectivity index (χ4v) is 2.56. The molecule has 0 atom stereocenters. The maximum atomic E-state index is 11.9. The summed E-state index contributed by atoms with van der Waals surface area (Å²) in [6.45, 7) is 0. The lowest BCUT2D eigenvalue weighted by molar-refractivity contribution is 0.0602. The van der Waals surface area contributed by atoms with Gasteiger partial charge in [-0.3, -0.25) is 0 Å². The molecule has 0 unspecified atom stereocenters. The Morgan fingerprint density at radius 1 is 1.04 bits per heavy atom. The topological polar surface area (TPSA) is 76.1 Å². The predicted molar refractivity (Wildman–Crippen MR) is 103 cm³/mol. The molecule has 0 spiro atoms. The van der Waals surface area contributed by atoms with Crippen LogP contribution in [-0.2, 0) is 4.74 Å². The number of halogens is 2. The number of anilines is 4. The second-order valence-electron chi connectivity index (χ2n) is 5.18. The molecule has 6 nitrogen and oxygen atoms in total. The monoisotopic (exact) mass is 388 g/mol. The van der Waals surface area contributed by atoms with Gasteiger partial charge in [-0.05, 0) is 36.4 Å². The molecule has 0 radical (unpaired) electrons. The van der Waals surface area contributed by atoms with Crippen LogP contribution in [0.25, 0.3) is 0 Å². The van der Waals surface area contributed by atoms with E-state index in [9.17, 15) is 4.79 Å². The molecule has 8 heteroatoms. The van der Waals surface area contributed by atoms with E-state index in [1.165, 1.54) is 7.11 Å². The van der Waals surface area contributed by atoms with Crippen molar-refractivity contribution < 1.29 is 9.53 Å². The molecule has 0 aliphatic carbocycles. The molecular weight excluding hydrogens is 375 g/mol. The quantitative estimate of drug-likeness (QED) is 0.595. The molecule has 0 bridgehead atoms.